The van der Waals surface area contributed by atoms with E-state index in [1.54, 1.807) is 0 Å². The average molecular weight is 1490 g/mol. The highest BCUT2D eigenvalue weighted by Gasteiger charge is 2.30. The molecule has 19 heteroatoms. The molecule has 0 fully saturated rings. The number of unbranched alkanes of at least 4 members (excludes halogenated alkanes) is 51. The molecule has 0 aromatic rings. The number of phosphoric ester groups is 2. The lowest BCUT2D eigenvalue weighted by atomic mass is 9.99. The van der Waals surface area contributed by atoms with Crippen LogP contribution in [0.4, 0.5) is 0 Å². The van der Waals surface area contributed by atoms with Gasteiger partial charge in [0.2, 0.25) is 0 Å². The molecule has 0 saturated heterocycles. The highest BCUT2D eigenvalue weighted by atomic mass is 31.2. The number of ether oxygens (including phenoxy) is 4. The van der Waals surface area contributed by atoms with Crippen molar-refractivity contribution in [1.82, 2.24) is 0 Å². The summed E-state index contributed by atoms with van der Waals surface area (Å²) in [5.41, 5.74) is 0. The molecule has 0 amide bonds. The maximum atomic E-state index is 13.1. The van der Waals surface area contributed by atoms with Gasteiger partial charge in [-0.15, -0.1) is 0 Å². The molecular formula is C83H162O17P2. The first-order chi connectivity index (χ1) is 49.4. The Morgan fingerprint density at radius 2 is 0.500 bits per heavy atom. The number of aliphatic hydroxyl groups is 1. The number of carbonyl (C=O) groups excluding carboxylic acids is 4. The van der Waals surface area contributed by atoms with Crippen molar-refractivity contribution in [2.45, 2.75) is 458 Å². The summed E-state index contributed by atoms with van der Waals surface area (Å²) in [6.45, 7) is 9.69. The Labute approximate surface area is 626 Å². The lowest BCUT2D eigenvalue weighted by Gasteiger charge is -2.21. The van der Waals surface area contributed by atoms with Crippen LogP contribution in [0.15, 0.2) is 0 Å². The topological polar surface area (TPSA) is 237 Å². The molecule has 0 radical (unpaired) electrons. The van der Waals surface area contributed by atoms with Gasteiger partial charge in [-0.05, 0) is 37.5 Å². The lowest BCUT2D eigenvalue weighted by Crippen LogP contribution is -2.30. The van der Waals surface area contributed by atoms with E-state index in [1.807, 2.05) is 0 Å². The zero-order chi connectivity index (χ0) is 74.9. The summed E-state index contributed by atoms with van der Waals surface area (Å²) in [6.07, 6.45) is 65.0. The largest absolute Gasteiger partial charge is 0.472 e. The standard InChI is InChI=1S/C83H162O17P2/c1-7-10-12-14-16-18-20-22-24-25-27-31-35-41-47-53-59-65-80(85)93-71-78(99-83(88)68-62-56-50-43-37-33-29-28-30-34-40-46-52-58-64-76(6)9-3)73-97-101(89,90)95-69-77(84)70-96-102(91,92)98-74-79(72-94-81(86)66-60-54-48-44-38-39-45-51-57-63-75(4)5)100-82(87)67-61-55-49-42-36-32-26-23-21-19-17-15-13-11-8-2/h75-79,84H,7-74H2,1-6H3,(H,89,90)(H,91,92)/t76?,77-,78-,79-/m1/s1. The molecule has 0 aliphatic carbocycles. The molecule has 3 N–H and O–H groups in total. The summed E-state index contributed by atoms with van der Waals surface area (Å²) in [6, 6.07) is 0. The minimum Gasteiger partial charge on any atom is -0.462 e. The molecule has 102 heavy (non-hydrogen) atoms. The van der Waals surface area contributed by atoms with E-state index in [-0.39, 0.29) is 25.7 Å². The van der Waals surface area contributed by atoms with Gasteiger partial charge in [-0.2, -0.15) is 0 Å². The van der Waals surface area contributed by atoms with E-state index in [9.17, 15) is 43.2 Å². The minimum atomic E-state index is -4.96. The molecule has 0 bridgehead atoms. The summed E-state index contributed by atoms with van der Waals surface area (Å²) in [5, 5.41) is 10.7. The Balaban J connectivity index is 5.27. The first kappa shape index (κ1) is 100. The molecule has 0 spiro atoms. The van der Waals surface area contributed by atoms with Crippen molar-refractivity contribution in [1.29, 1.82) is 0 Å². The van der Waals surface area contributed by atoms with E-state index in [1.165, 1.54) is 257 Å². The fraction of sp³-hybridized carbons (Fsp3) is 0.952. The van der Waals surface area contributed by atoms with Gasteiger partial charge in [0.05, 0.1) is 26.4 Å². The van der Waals surface area contributed by atoms with Crippen LogP contribution in [0.1, 0.15) is 440 Å². The second-order valence-corrected chi connectivity index (χ2v) is 33.5. The van der Waals surface area contributed by atoms with Gasteiger partial charge >= 0.3 is 39.5 Å². The van der Waals surface area contributed by atoms with Gasteiger partial charge in [0.25, 0.3) is 0 Å². The number of hydrogen-bond donors (Lipinski definition) is 3. The van der Waals surface area contributed by atoms with E-state index in [0.717, 1.165) is 102 Å². The molecule has 17 nitrogen and oxygen atoms in total. The van der Waals surface area contributed by atoms with Crippen LogP contribution in [0.3, 0.4) is 0 Å². The highest BCUT2D eigenvalue weighted by molar-refractivity contribution is 7.47. The van der Waals surface area contributed by atoms with Gasteiger partial charge in [-0.25, -0.2) is 9.13 Å². The monoisotopic (exact) mass is 1490 g/mol. The fourth-order valence-electron chi connectivity index (χ4n) is 12.9. The average Bonchev–Trinajstić information content (AvgIpc) is 0.911. The van der Waals surface area contributed by atoms with Crippen LogP contribution in [0.5, 0.6) is 0 Å². The number of esters is 4. The Kier molecular flexibility index (Phi) is 73.1. The molecule has 606 valence electrons. The maximum absolute atomic E-state index is 13.1. The zero-order valence-corrected chi connectivity index (χ0v) is 68.7. The Bertz CT molecular complexity index is 1960. The van der Waals surface area contributed by atoms with Crippen LogP contribution < -0.4 is 0 Å². The van der Waals surface area contributed by atoms with Crippen LogP contribution in [-0.2, 0) is 65.4 Å². The third-order valence-corrected chi connectivity index (χ3v) is 21.7. The van der Waals surface area contributed by atoms with Crippen molar-refractivity contribution in [2.75, 3.05) is 39.6 Å². The van der Waals surface area contributed by atoms with E-state index in [0.29, 0.717) is 25.7 Å². The van der Waals surface area contributed by atoms with Gasteiger partial charge in [0.1, 0.15) is 19.3 Å². The van der Waals surface area contributed by atoms with Gasteiger partial charge in [-0.1, -0.05) is 388 Å². The molecule has 0 aliphatic heterocycles. The first-order valence-corrected chi connectivity index (χ1v) is 46.0. The van der Waals surface area contributed by atoms with E-state index >= 15 is 0 Å². The van der Waals surface area contributed by atoms with Crippen LogP contribution in [-0.4, -0.2) is 96.7 Å². The van der Waals surface area contributed by atoms with Crippen LogP contribution in [0.25, 0.3) is 0 Å². The number of phosphoric acid groups is 2. The van der Waals surface area contributed by atoms with Crippen molar-refractivity contribution >= 4 is 39.5 Å². The molecule has 0 heterocycles. The van der Waals surface area contributed by atoms with E-state index in [2.05, 4.69) is 41.5 Å². The smallest absolute Gasteiger partial charge is 0.462 e. The number of aliphatic hydroxyl groups excluding tert-OH is 1. The predicted octanol–water partition coefficient (Wildman–Crippen LogP) is 25.1. The molecule has 0 aromatic carbocycles. The van der Waals surface area contributed by atoms with Crippen molar-refractivity contribution in [3.8, 4) is 0 Å². The second kappa shape index (κ2) is 74.5. The third kappa shape index (κ3) is 74.9. The normalized spacial score (nSPS) is 14.1. The van der Waals surface area contributed by atoms with Crippen molar-refractivity contribution in [3.63, 3.8) is 0 Å². The van der Waals surface area contributed by atoms with Gasteiger partial charge in [0, 0.05) is 25.7 Å². The highest BCUT2D eigenvalue weighted by Crippen LogP contribution is 2.45. The summed E-state index contributed by atoms with van der Waals surface area (Å²) in [5.74, 6) is -0.514. The lowest BCUT2D eigenvalue weighted by molar-refractivity contribution is -0.161. The van der Waals surface area contributed by atoms with Gasteiger partial charge < -0.3 is 33.8 Å². The van der Waals surface area contributed by atoms with Crippen molar-refractivity contribution < 1.29 is 80.2 Å². The zero-order valence-electron chi connectivity index (χ0n) is 66.9. The number of rotatable bonds is 82. The molecule has 0 rings (SSSR count). The fourth-order valence-corrected chi connectivity index (χ4v) is 14.4. The predicted molar refractivity (Wildman–Crippen MR) is 418 cm³/mol. The second-order valence-electron chi connectivity index (χ2n) is 30.6. The summed E-state index contributed by atoms with van der Waals surface area (Å²) in [4.78, 5) is 73.2. The first-order valence-electron chi connectivity index (χ1n) is 43.0. The van der Waals surface area contributed by atoms with Crippen molar-refractivity contribution in [3.05, 3.63) is 0 Å². The maximum Gasteiger partial charge on any atom is 0.472 e. The molecule has 0 saturated carbocycles. The molecule has 0 aliphatic rings. The molecule has 6 atom stereocenters. The Morgan fingerprint density at radius 1 is 0.284 bits per heavy atom. The SMILES string of the molecule is CCCCCCCCCCCCCCCCCCCC(=O)OC[C@H](COP(=O)(O)OC[C@@H](O)COP(=O)(O)OC[C@@H](COC(=O)CCCCCCCCCCCC(C)C)OC(=O)CCCCCCCCCCCCCCCCC)OC(=O)CCCCCCCCCCCCCCCCC(C)CC. The summed E-state index contributed by atoms with van der Waals surface area (Å²) >= 11 is 0. The van der Waals surface area contributed by atoms with Crippen LogP contribution >= 0.6 is 15.6 Å². The quantitative estimate of drug-likeness (QED) is 0.0222. The Morgan fingerprint density at radius 3 is 0.745 bits per heavy atom. The van der Waals surface area contributed by atoms with Crippen LogP contribution in [0.2, 0.25) is 0 Å². The number of hydrogen-bond acceptors (Lipinski definition) is 15. The summed E-state index contributed by atoms with van der Waals surface area (Å²) < 4.78 is 68.8. The van der Waals surface area contributed by atoms with Gasteiger partial charge in [-0.3, -0.25) is 37.3 Å². The van der Waals surface area contributed by atoms with Gasteiger partial charge in [0.15, 0.2) is 12.2 Å². The van der Waals surface area contributed by atoms with Crippen LogP contribution in [0, 0.1) is 11.8 Å². The van der Waals surface area contributed by atoms with E-state index < -0.39 is 97.5 Å². The third-order valence-electron chi connectivity index (χ3n) is 19.8. The minimum absolute atomic E-state index is 0.108. The molecule has 0 aromatic heterocycles. The van der Waals surface area contributed by atoms with E-state index in [4.69, 9.17) is 37.0 Å². The Hall–Kier alpha value is -1.94. The summed E-state index contributed by atoms with van der Waals surface area (Å²) in [7, 11) is -9.92. The molecule has 3 unspecified atom stereocenters. The van der Waals surface area contributed by atoms with Crippen molar-refractivity contribution in [2.24, 2.45) is 11.8 Å². The molecular weight excluding hydrogens is 1330 g/mol. The number of carbonyl (C=O) groups is 4.